The summed E-state index contributed by atoms with van der Waals surface area (Å²) in [6.45, 7) is 1.53. The van der Waals surface area contributed by atoms with Crippen LogP contribution >= 0.6 is 11.8 Å². The Kier molecular flexibility index (Phi) is 5.71. The molecule has 0 radical (unpaired) electrons. The van der Waals surface area contributed by atoms with Crippen molar-refractivity contribution >= 4 is 34.4 Å². The van der Waals surface area contributed by atoms with E-state index in [0.29, 0.717) is 39.5 Å². The van der Waals surface area contributed by atoms with Gasteiger partial charge in [-0.1, -0.05) is 30.0 Å². The summed E-state index contributed by atoms with van der Waals surface area (Å²) < 4.78 is 6.27. The molecule has 3 aromatic rings. The van der Waals surface area contributed by atoms with E-state index in [1.54, 1.807) is 18.2 Å². The summed E-state index contributed by atoms with van der Waals surface area (Å²) in [5.74, 6) is 0.0955. The highest BCUT2D eigenvalue weighted by molar-refractivity contribution is 7.99. The molecular weight excluding hydrogens is 364 g/mol. The Morgan fingerprint density at radius 1 is 1.15 bits per heavy atom. The Bertz CT molecular complexity index is 1060. The predicted molar refractivity (Wildman–Crippen MR) is 105 cm³/mol. The number of rotatable bonds is 6. The van der Waals surface area contributed by atoms with Crippen LogP contribution in [0.4, 0.5) is 0 Å². The summed E-state index contributed by atoms with van der Waals surface area (Å²) in [6, 6.07) is 13.9. The van der Waals surface area contributed by atoms with Crippen LogP contribution < -0.4 is 5.56 Å². The van der Waals surface area contributed by atoms with E-state index in [0.717, 1.165) is 0 Å². The summed E-state index contributed by atoms with van der Waals surface area (Å²) in [5, 5.41) is 0.879. The number of benzene rings is 2. The van der Waals surface area contributed by atoms with Gasteiger partial charge in [-0.2, -0.15) is 0 Å². The van der Waals surface area contributed by atoms with E-state index < -0.39 is 5.97 Å². The molecule has 1 aromatic heterocycles. The molecule has 6 nitrogen and oxygen atoms in total. The van der Waals surface area contributed by atoms with Gasteiger partial charge in [-0.05, 0) is 37.3 Å². The fourth-order valence-corrected chi connectivity index (χ4v) is 3.65. The van der Waals surface area contributed by atoms with Crippen LogP contribution in [-0.2, 0) is 9.53 Å². The third-order valence-corrected chi connectivity index (χ3v) is 4.90. The van der Waals surface area contributed by atoms with Crippen LogP contribution in [0.1, 0.15) is 23.7 Å². The molecule has 0 atom stereocenters. The smallest absolute Gasteiger partial charge is 0.337 e. The number of hydrogen-bond donors (Lipinski definition) is 0. The molecule has 27 heavy (non-hydrogen) atoms. The molecule has 0 aliphatic carbocycles. The highest BCUT2D eigenvalue weighted by Crippen LogP contribution is 2.22. The number of fused-ring (bicyclic) bond motifs is 1. The van der Waals surface area contributed by atoms with Crippen LogP contribution in [0, 0.1) is 0 Å². The molecule has 0 amide bonds. The van der Waals surface area contributed by atoms with E-state index in [2.05, 4.69) is 4.98 Å². The van der Waals surface area contributed by atoms with Crippen molar-refractivity contribution in [3.63, 3.8) is 0 Å². The van der Waals surface area contributed by atoms with Gasteiger partial charge in [0.2, 0.25) is 0 Å². The number of para-hydroxylation sites is 1. The number of aromatic nitrogens is 2. The molecule has 1 heterocycles. The van der Waals surface area contributed by atoms with Crippen LogP contribution in [0.25, 0.3) is 16.6 Å². The number of carbonyl (C=O) groups is 2. The topological polar surface area (TPSA) is 78.3 Å². The zero-order chi connectivity index (χ0) is 19.4. The Labute approximate surface area is 160 Å². The Morgan fingerprint density at radius 2 is 1.89 bits per heavy atom. The average Bonchev–Trinajstić information content (AvgIpc) is 2.67. The fourth-order valence-electron chi connectivity index (χ4n) is 2.60. The minimum atomic E-state index is -0.489. The van der Waals surface area contributed by atoms with Gasteiger partial charge in [0.05, 0.1) is 29.3 Å². The Balaban J connectivity index is 2.18. The third-order valence-electron chi connectivity index (χ3n) is 3.96. The van der Waals surface area contributed by atoms with Crippen molar-refractivity contribution in [3.8, 4) is 5.69 Å². The highest BCUT2D eigenvalue weighted by Gasteiger charge is 2.15. The molecule has 0 saturated heterocycles. The standard InChI is InChI=1S/C20H18N2O4S/c1-13(23)10-11-27-20-21-17-12-14(19(25)26-2)8-9-16(17)18(24)22(20)15-6-4-3-5-7-15/h3-9,12H,10-11H2,1-2H3. The van der Waals surface area contributed by atoms with E-state index in [4.69, 9.17) is 4.74 Å². The number of Topliss-reactive ketones (excluding diaryl/α,β-unsaturated/α-hetero) is 1. The monoisotopic (exact) mass is 382 g/mol. The average molecular weight is 382 g/mol. The SMILES string of the molecule is COC(=O)c1ccc2c(=O)n(-c3ccccc3)c(SCCC(C)=O)nc2c1. The molecule has 2 aromatic carbocycles. The number of ketones is 1. The Hall–Kier alpha value is -2.93. The van der Waals surface area contributed by atoms with Crippen molar-refractivity contribution in [2.24, 2.45) is 0 Å². The van der Waals surface area contributed by atoms with Gasteiger partial charge in [0.25, 0.3) is 5.56 Å². The molecule has 0 unspecified atom stereocenters. The van der Waals surface area contributed by atoms with Crippen LogP contribution in [0.5, 0.6) is 0 Å². The van der Waals surface area contributed by atoms with Crippen LogP contribution in [-0.4, -0.2) is 34.2 Å². The van der Waals surface area contributed by atoms with Gasteiger partial charge in [-0.3, -0.25) is 14.2 Å². The molecule has 0 fully saturated rings. The van der Waals surface area contributed by atoms with E-state index in [1.807, 2.05) is 30.3 Å². The molecule has 0 saturated carbocycles. The summed E-state index contributed by atoms with van der Waals surface area (Å²) in [5.41, 5.74) is 1.21. The van der Waals surface area contributed by atoms with Gasteiger partial charge < -0.3 is 4.74 Å². The molecule has 0 spiro atoms. The largest absolute Gasteiger partial charge is 0.465 e. The lowest BCUT2D eigenvalue weighted by Gasteiger charge is -2.13. The second-order valence-corrected chi connectivity index (χ2v) is 6.96. The van der Waals surface area contributed by atoms with Crippen LogP contribution in [0.3, 0.4) is 0 Å². The zero-order valence-corrected chi connectivity index (χ0v) is 15.8. The van der Waals surface area contributed by atoms with Gasteiger partial charge in [-0.15, -0.1) is 0 Å². The maximum Gasteiger partial charge on any atom is 0.337 e. The van der Waals surface area contributed by atoms with Crippen LogP contribution in [0.15, 0.2) is 58.5 Å². The maximum absolute atomic E-state index is 13.1. The van der Waals surface area contributed by atoms with Gasteiger partial charge in [-0.25, -0.2) is 9.78 Å². The predicted octanol–water partition coefficient (Wildman–Crippen LogP) is 3.24. The first-order valence-corrected chi connectivity index (χ1v) is 9.32. The number of hydrogen-bond acceptors (Lipinski definition) is 6. The van der Waals surface area contributed by atoms with Crippen molar-refractivity contribution in [1.29, 1.82) is 0 Å². The van der Waals surface area contributed by atoms with Gasteiger partial charge in [0.15, 0.2) is 5.16 Å². The number of carbonyl (C=O) groups excluding carboxylic acids is 2. The van der Waals surface area contributed by atoms with Crippen LogP contribution in [0.2, 0.25) is 0 Å². The molecule has 0 bridgehead atoms. The van der Waals surface area contributed by atoms with E-state index >= 15 is 0 Å². The summed E-state index contributed by atoms with van der Waals surface area (Å²) in [7, 11) is 1.30. The number of thioether (sulfide) groups is 1. The zero-order valence-electron chi connectivity index (χ0n) is 15.0. The van der Waals surface area contributed by atoms with Gasteiger partial charge >= 0.3 is 5.97 Å². The third kappa shape index (κ3) is 4.09. The molecule has 138 valence electrons. The molecule has 7 heteroatoms. The number of methoxy groups -OCH3 is 1. The normalized spacial score (nSPS) is 10.7. The lowest BCUT2D eigenvalue weighted by molar-refractivity contribution is -0.116. The number of nitrogens with zero attached hydrogens (tertiary/aromatic N) is 2. The molecule has 0 N–H and O–H groups in total. The molecule has 0 aliphatic rings. The lowest BCUT2D eigenvalue weighted by Crippen LogP contribution is -2.22. The summed E-state index contributed by atoms with van der Waals surface area (Å²) >= 11 is 1.33. The van der Waals surface area contributed by atoms with Gasteiger partial charge in [0.1, 0.15) is 5.78 Å². The molecule has 3 rings (SSSR count). The first-order chi connectivity index (χ1) is 13.0. The molecular formula is C20H18N2O4S. The molecule has 0 aliphatic heterocycles. The minimum absolute atomic E-state index is 0.0740. The maximum atomic E-state index is 13.1. The first kappa shape index (κ1) is 18.8. The van der Waals surface area contributed by atoms with Gasteiger partial charge in [0, 0.05) is 12.2 Å². The number of ether oxygens (including phenoxy) is 1. The van der Waals surface area contributed by atoms with Crippen molar-refractivity contribution in [1.82, 2.24) is 9.55 Å². The lowest BCUT2D eigenvalue weighted by atomic mass is 10.1. The first-order valence-electron chi connectivity index (χ1n) is 8.34. The van der Waals surface area contributed by atoms with Crippen molar-refractivity contribution in [2.75, 3.05) is 12.9 Å². The van der Waals surface area contributed by atoms with E-state index in [9.17, 15) is 14.4 Å². The Morgan fingerprint density at radius 3 is 2.56 bits per heavy atom. The highest BCUT2D eigenvalue weighted by atomic mass is 32.2. The van der Waals surface area contributed by atoms with E-state index in [1.165, 1.54) is 30.4 Å². The fraction of sp³-hybridized carbons (Fsp3) is 0.200. The summed E-state index contributed by atoms with van der Waals surface area (Å²) in [4.78, 5) is 40.8. The minimum Gasteiger partial charge on any atom is -0.465 e. The quantitative estimate of drug-likeness (QED) is 0.370. The second kappa shape index (κ2) is 8.18. The second-order valence-electron chi connectivity index (χ2n) is 5.89. The summed E-state index contributed by atoms with van der Waals surface area (Å²) in [6.07, 6.45) is 0.384. The van der Waals surface area contributed by atoms with Crippen molar-refractivity contribution in [3.05, 3.63) is 64.4 Å². The van der Waals surface area contributed by atoms with Crippen molar-refractivity contribution < 1.29 is 14.3 Å². The number of esters is 1. The van der Waals surface area contributed by atoms with E-state index in [-0.39, 0.29) is 11.3 Å². The van der Waals surface area contributed by atoms with Crippen molar-refractivity contribution in [2.45, 2.75) is 18.5 Å².